The SMILES string of the molecule is O=C(CSCc1cc(=O)n2ccsc2n1)NCc1cccnc1OCC(F)(F)F. The van der Waals surface area contributed by atoms with E-state index in [-0.39, 0.29) is 29.6 Å². The van der Waals surface area contributed by atoms with Crippen LogP contribution in [0, 0.1) is 0 Å². The van der Waals surface area contributed by atoms with Crippen molar-refractivity contribution in [2.45, 2.75) is 18.5 Å². The first-order valence-corrected chi connectivity index (χ1v) is 10.3. The van der Waals surface area contributed by atoms with Crippen LogP contribution in [0.15, 0.2) is 40.8 Å². The number of alkyl halides is 3. The molecule has 7 nitrogen and oxygen atoms in total. The maximum atomic E-state index is 12.3. The lowest BCUT2D eigenvalue weighted by Crippen LogP contribution is -2.26. The molecule has 0 bridgehead atoms. The first-order valence-electron chi connectivity index (χ1n) is 8.25. The predicted molar refractivity (Wildman–Crippen MR) is 103 cm³/mol. The van der Waals surface area contributed by atoms with Crippen molar-refractivity contribution < 1.29 is 22.7 Å². The van der Waals surface area contributed by atoms with Gasteiger partial charge in [0, 0.05) is 41.7 Å². The van der Waals surface area contributed by atoms with Gasteiger partial charge in [0.1, 0.15) is 0 Å². The number of fused-ring (bicyclic) bond motifs is 1. The van der Waals surface area contributed by atoms with Crippen molar-refractivity contribution >= 4 is 34.0 Å². The molecular formula is C17H15F3N4O3S2. The average Bonchev–Trinajstić information content (AvgIpc) is 3.14. The lowest BCUT2D eigenvalue weighted by atomic mass is 10.2. The highest BCUT2D eigenvalue weighted by atomic mass is 32.2. The molecule has 0 aromatic carbocycles. The van der Waals surface area contributed by atoms with Gasteiger partial charge in [-0.25, -0.2) is 9.97 Å². The maximum absolute atomic E-state index is 12.3. The molecule has 1 N–H and O–H groups in total. The van der Waals surface area contributed by atoms with Crippen LogP contribution in [0.5, 0.6) is 5.88 Å². The topological polar surface area (TPSA) is 85.6 Å². The number of halogens is 3. The number of hydrogen-bond acceptors (Lipinski definition) is 7. The highest BCUT2D eigenvalue weighted by Gasteiger charge is 2.29. The predicted octanol–water partition coefficient (Wildman–Crippen LogP) is 2.64. The van der Waals surface area contributed by atoms with Gasteiger partial charge in [-0.3, -0.25) is 14.0 Å². The number of carbonyl (C=O) groups excluding carboxylic acids is 1. The number of thiazole rings is 1. The molecule has 0 aliphatic rings. The molecule has 1 amide bonds. The van der Waals surface area contributed by atoms with Gasteiger partial charge in [-0.2, -0.15) is 13.2 Å². The highest BCUT2D eigenvalue weighted by molar-refractivity contribution is 7.99. The van der Waals surface area contributed by atoms with Crippen molar-refractivity contribution in [1.29, 1.82) is 0 Å². The number of ether oxygens (including phenoxy) is 1. The van der Waals surface area contributed by atoms with Crippen LogP contribution in [-0.4, -0.2) is 38.8 Å². The lowest BCUT2D eigenvalue weighted by Gasteiger charge is -2.12. The molecular weight excluding hydrogens is 429 g/mol. The van der Waals surface area contributed by atoms with Crippen LogP contribution in [0.4, 0.5) is 13.2 Å². The molecule has 3 aromatic heterocycles. The Bertz CT molecular complexity index is 1050. The van der Waals surface area contributed by atoms with Gasteiger partial charge < -0.3 is 10.1 Å². The van der Waals surface area contributed by atoms with E-state index in [2.05, 4.69) is 20.0 Å². The van der Waals surface area contributed by atoms with Gasteiger partial charge >= 0.3 is 6.18 Å². The number of carbonyl (C=O) groups is 1. The molecule has 0 atom stereocenters. The average molecular weight is 444 g/mol. The molecule has 3 aromatic rings. The zero-order chi connectivity index (χ0) is 20.9. The molecule has 0 aliphatic carbocycles. The Labute approximate surface area is 170 Å². The second-order valence-electron chi connectivity index (χ2n) is 5.78. The minimum Gasteiger partial charge on any atom is -0.468 e. The number of nitrogens with one attached hydrogen (secondary N) is 1. The Hall–Kier alpha value is -2.60. The number of thioether (sulfide) groups is 1. The smallest absolute Gasteiger partial charge is 0.422 e. The fourth-order valence-corrected chi connectivity index (χ4v) is 3.78. The Morgan fingerprint density at radius 3 is 3.00 bits per heavy atom. The number of hydrogen-bond donors (Lipinski definition) is 1. The van der Waals surface area contributed by atoms with Crippen LogP contribution in [0.1, 0.15) is 11.3 Å². The number of pyridine rings is 1. The second kappa shape index (κ2) is 9.27. The Balaban J connectivity index is 1.48. The third-order valence-electron chi connectivity index (χ3n) is 3.54. The van der Waals surface area contributed by atoms with Crippen LogP contribution in [0.25, 0.3) is 4.96 Å². The summed E-state index contributed by atoms with van der Waals surface area (Å²) in [7, 11) is 0. The van der Waals surface area contributed by atoms with Crippen LogP contribution in [-0.2, 0) is 17.1 Å². The summed E-state index contributed by atoms with van der Waals surface area (Å²) in [5, 5.41) is 4.38. The van der Waals surface area contributed by atoms with E-state index in [1.54, 1.807) is 17.6 Å². The van der Waals surface area contributed by atoms with E-state index >= 15 is 0 Å². The first-order chi connectivity index (χ1) is 13.8. The van der Waals surface area contributed by atoms with Crippen molar-refractivity contribution in [2.75, 3.05) is 12.4 Å². The largest absolute Gasteiger partial charge is 0.468 e. The van der Waals surface area contributed by atoms with Crippen molar-refractivity contribution in [3.8, 4) is 5.88 Å². The summed E-state index contributed by atoms with van der Waals surface area (Å²) < 4.78 is 43.0. The summed E-state index contributed by atoms with van der Waals surface area (Å²) in [6, 6.07) is 4.49. The van der Waals surface area contributed by atoms with Crippen LogP contribution in [0.3, 0.4) is 0 Å². The molecule has 154 valence electrons. The normalized spacial score (nSPS) is 11.6. The molecule has 3 heterocycles. The number of aromatic nitrogens is 3. The summed E-state index contributed by atoms with van der Waals surface area (Å²) in [4.78, 5) is 32.6. The summed E-state index contributed by atoms with van der Waals surface area (Å²) in [6.07, 6.45) is -1.52. The van der Waals surface area contributed by atoms with E-state index < -0.39 is 12.8 Å². The first kappa shape index (κ1) is 21.1. The van der Waals surface area contributed by atoms with Gasteiger partial charge in [-0.05, 0) is 6.07 Å². The quantitative estimate of drug-likeness (QED) is 0.575. The fourth-order valence-electron chi connectivity index (χ4n) is 2.29. The number of rotatable bonds is 8. The van der Waals surface area contributed by atoms with Crippen LogP contribution >= 0.6 is 23.1 Å². The van der Waals surface area contributed by atoms with Gasteiger partial charge in [0.05, 0.1) is 11.4 Å². The van der Waals surface area contributed by atoms with E-state index in [0.717, 1.165) is 0 Å². The molecule has 0 fully saturated rings. The van der Waals surface area contributed by atoms with E-state index in [1.165, 1.54) is 45.8 Å². The van der Waals surface area contributed by atoms with E-state index in [4.69, 9.17) is 0 Å². The number of amides is 1. The molecule has 0 aliphatic heterocycles. The Morgan fingerprint density at radius 1 is 1.38 bits per heavy atom. The van der Waals surface area contributed by atoms with Gasteiger partial charge in [-0.15, -0.1) is 23.1 Å². The molecule has 0 spiro atoms. The summed E-state index contributed by atoms with van der Waals surface area (Å²) in [5.74, 6) is -0.00441. The monoisotopic (exact) mass is 444 g/mol. The van der Waals surface area contributed by atoms with Crippen LogP contribution < -0.4 is 15.6 Å². The maximum Gasteiger partial charge on any atom is 0.422 e. The van der Waals surface area contributed by atoms with Gasteiger partial charge in [0.25, 0.3) is 5.56 Å². The van der Waals surface area contributed by atoms with Gasteiger partial charge in [0.2, 0.25) is 11.8 Å². The molecule has 0 saturated carbocycles. The van der Waals surface area contributed by atoms with Gasteiger partial charge in [-0.1, -0.05) is 6.07 Å². The minimum atomic E-state index is -4.47. The number of nitrogens with zero attached hydrogens (tertiary/aromatic N) is 3. The second-order valence-corrected chi connectivity index (χ2v) is 7.64. The molecule has 3 rings (SSSR count). The molecule has 0 radical (unpaired) electrons. The molecule has 0 saturated heterocycles. The third kappa shape index (κ3) is 6.19. The van der Waals surface area contributed by atoms with E-state index in [0.29, 0.717) is 22.0 Å². The zero-order valence-electron chi connectivity index (χ0n) is 14.8. The standard InChI is InChI=1S/C17H15F3N4O3S2/c18-17(19,20)10-27-15-11(2-1-3-21-15)7-22-13(25)9-28-8-12-6-14(26)24-4-5-29-16(24)23-12/h1-6H,7-10H2,(H,22,25). The summed E-state index contributed by atoms with van der Waals surface area (Å²) in [5.41, 5.74) is 0.734. The van der Waals surface area contributed by atoms with Crippen molar-refractivity contribution in [1.82, 2.24) is 19.7 Å². The minimum absolute atomic E-state index is 0.0127. The van der Waals surface area contributed by atoms with Gasteiger partial charge in [0.15, 0.2) is 11.6 Å². The van der Waals surface area contributed by atoms with Crippen molar-refractivity contribution in [3.63, 3.8) is 0 Å². The summed E-state index contributed by atoms with van der Waals surface area (Å²) >= 11 is 2.62. The van der Waals surface area contributed by atoms with Crippen molar-refractivity contribution in [3.05, 3.63) is 57.6 Å². The van der Waals surface area contributed by atoms with E-state index in [9.17, 15) is 22.8 Å². The summed E-state index contributed by atoms with van der Waals surface area (Å²) in [6.45, 7) is -1.47. The molecule has 29 heavy (non-hydrogen) atoms. The molecule has 12 heteroatoms. The van der Waals surface area contributed by atoms with Crippen molar-refractivity contribution in [2.24, 2.45) is 0 Å². The Morgan fingerprint density at radius 2 is 2.21 bits per heavy atom. The van der Waals surface area contributed by atoms with E-state index in [1.807, 2.05) is 0 Å². The van der Waals surface area contributed by atoms with Crippen LogP contribution in [0.2, 0.25) is 0 Å². The lowest BCUT2D eigenvalue weighted by molar-refractivity contribution is -0.154. The third-order valence-corrected chi connectivity index (χ3v) is 5.26. The Kier molecular flexibility index (Phi) is 6.75. The fraction of sp³-hybridized carbons (Fsp3) is 0.294. The highest BCUT2D eigenvalue weighted by Crippen LogP contribution is 2.20. The molecule has 0 unspecified atom stereocenters. The zero-order valence-corrected chi connectivity index (χ0v) is 16.4.